The number of aromatic amines is 1. The normalized spacial score (nSPS) is 14.7. The number of pyridine rings is 1. The Balaban J connectivity index is 0.000000401. The second-order valence-electron chi connectivity index (χ2n) is 11.0. The Morgan fingerprint density at radius 3 is 2.41 bits per heavy atom. The molecule has 0 radical (unpaired) electrons. The van der Waals surface area contributed by atoms with Gasteiger partial charge in [-0.15, -0.1) is 0 Å². The van der Waals surface area contributed by atoms with Gasteiger partial charge in [-0.05, 0) is 82.4 Å². The number of hydrogen-bond donors (Lipinski definition) is 5. The maximum atomic E-state index is 12.4. The van der Waals surface area contributed by atoms with Crippen molar-refractivity contribution in [3.63, 3.8) is 0 Å². The minimum atomic E-state index is -0.782. The van der Waals surface area contributed by atoms with E-state index in [9.17, 15) is 14.4 Å². The minimum Gasteiger partial charge on any atom is -0.480 e. The van der Waals surface area contributed by atoms with E-state index in [-0.39, 0.29) is 17.4 Å². The van der Waals surface area contributed by atoms with Crippen molar-refractivity contribution in [1.82, 2.24) is 20.5 Å². The van der Waals surface area contributed by atoms with Crippen molar-refractivity contribution < 1.29 is 19.5 Å². The van der Waals surface area contributed by atoms with Gasteiger partial charge in [0.15, 0.2) is 5.43 Å². The van der Waals surface area contributed by atoms with Crippen LogP contribution in [-0.2, 0) is 14.4 Å². The zero-order valence-electron chi connectivity index (χ0n) is 27.9. The van der Waals surface area contributed by atoms with E-state index in [1.807, 2.05) is 74.4 Å². The molecule has 0 aliphatic carbocycles. The van der Waals surface area contributed by atoms with E-state index in [0.717, 1.165) is 35.0 Å². The van der Waals surface area contributed by atoms with Crippen LogP contribution in [0.1, 0.15) is 71.3 Å². The Hall–Kier alpha value is -4.12. The molecule has 1 saturated heterocycles. The SMILES string of the molecule is C=O.CCC(NC)C(=O)O.CCCCNCN1CCCC1C.NC(=O)CC/C=C/c1ccc2[nH]c(-c3ccccc3)cc(=O)c2c1. The second kappa shape index (κ2) is 23.3. The highest BCUT2D eigenvalue weighted by Crippen LogP contribution is 2.19. The number of H-pyrrole nitrogens is 1. The van der Waals surface area contributed by atoms with Gasteiger partial charge >= 0.3 is 5.97 Å². The van der Waals surface area contributed by atoms with Gasteiger partial charge in [0, 0.05) is 41.8 Å². The van der Waals surface area contributed by atoms with Crippen molar-refractivity contribution in [3.8, 4) is 11.3 Å². The summed E-state index contributed by atoms with van der Waals surface area (Å²) in [5.74, 6) is -1.10. The summed E-state index contributed by atoms with van der Waals surface area (Å²) in [7, 11) is 1.64. The highest BCUT2D eigenvalue weighted by Gasteiger charge is 2.18. The van der Waals surface area contributed by atoms with E-state index in [0.29, 0.717) is 24.6 Å². The lowest BCUT2D eigenvalue weighted by molar-refractivity contribution is -0.139. The van der Waals surface area contributed by atoms with Gasteiger partial charge in [0.1, 0.15) is 12.8 Å². The predicted octanol–water partition coefficient (Wildman–Crippen LogP) is 5.18. The number of nitrogens with one attached hydrogen (secondary N) is 3. The number of fused-ring (bicyclic) bond motifs is 1. The lowest BCUT2D eigenvalue weighted by Gasteiger charge is -2.21. The first kappa shape index (κ1) is 39.9. The fourth-order valence-electron chi connectivity index (χ4n) is 4.84. The van der Waals surface area contributed by atoms with Crippen LogP contribution in [0.5, 0.6) is 0 Å². The molecule has 1 amide bonds. The molecule has 10 nitrogen and oxygen atoms in total. The van der Waals surface area contributed by atoms with Crippen LogP contribution in [0.3, 0.4) is 0 Å². The number of rotatable bonds is 13. The number of carboxylic acid groups (broad SMARTS) is 1. The van der Waals surface area contributed by atoms with Crippen molar-refractivity contribution in [3.05, 3.63) is 76.5 Å². The number of likely N-dealkylation sites (N-methyl/N-ethyl adjacent to an activating group) is 1. The number of carbonyl (C=O) groups excluding carboxylic acids is 2. The molecule has 252 valence electrons. The van der Waals surface area contributed by atoms with Crippen LogP contribution in [-0.4, -0.2) is 72.5 Å². The number of benzene rings is 2. The third-order valence-electron chi connectivity index (χ3n) is 7.57. The fraction of sp³-hybridized carbons (Fsp3) is 0.444. The van der Waals surface area contributed by atoms with Crippen LogP contribution in [0.15, 0.2) is 65.5 Å². The molecule has 6 N–H and O–H groups in total. The number of unbranched alkanes of at least 4 members (excludes halogenated alkanes) is 1. The van der Waals surface area contributed by atoms with Crippen LogP contribution in [0, 0.1) is 0 Å². The van der Waals surface area contributed by atoms with Gasteiger partial charge in [0.2, 0.25) is 5.91 Å². The number of aromatic nitrogens is 1. The Bertz CT molecular complexity index is 1390. The highest BCUT2D eigenvalue weighted by molar-refractivity contribution is 5.83. The summed E-state index contributed by atoms with van der Waals surface area (Å²) in [5.41, 5.74) is 8.60. The van der Waals surface area contributed by atoms with E-state index >= 15 is 0 Å². The van der Waals surface area contributed by atoms with E-state index in [1.54, 1.807) is 13.1 Å². The monoisotopic (exact) mass is 635 g/mol. The number of hydrogen-bond acceptors (Lipinski definition) is 7. The lowest BCUT2D eigenvalue weighted by atomic mass is 10.1. The van der Waals surface area contributed by atoms with Crippen molar-refractivity contribution in [1.29, 1.82) is 0 Å². The van der Waals surface area contributed by atoms with Crippen molar-refractivity contribution in [2.45, 2.75) is 77.8 Å². The number of allylic oxidation sites excluding steroid dienone is 1. The topological polar surface area (TPSA) is 158 Å². The van der Waals surface area contributed by atoms with Gasteiger partial charge in [-0.2, -0.15) is 0 Å². The van der Waals surface area contributed by atoms with Crippen LogP contribution >= 0.6 is 0 Å². The maximum absolute atomic E-state index is 12.4. The van der Waals surface area contributed by atoms with Crippen LogP contribution < -0.4 is 21.8 Å². The molecule has 1 aliphatic heterocycles. The summed E-state index contributed by atoms with van der Waals surface area (Å²) in [5, 5.41) is 15.1. The largest absolute Gasteiger partial charge is 0.480 e. The molecular formula is C36H53N5O5. The summed E-state index contributed by atoms with van der Waals surface area (Å²) in [6.45, 7) is 12.0. The summed E-state index contributed by atoms with van der Waals surface area (Å²) in [6, 6.07) is 17.5. The number of aliphatic carboxylic acids is 1. The number of likely N-dealkylation sites (tertiary alicyclic amines) is 1. The van der Waals surface area contributed by atoms with E-state index in [2.05, 4.69) is 34.4 Å². The number of nitrogens with two attached hydrogens (primary N) is 1. The van der Waals surface area contributed by atoms with E-state index in [4.69, 9.17) is 15.6 Å². The van der Waals surface area contributed by atoms with Crippen LogP contribution in [0.2, 0.25) is 0 Å². The maximum Gasteiger partial charge on any atom is 0.320 e. The van der Waals surface area contributed by atoms with Crippen molar-refractivity contribution in [2.75, 3.05) is 26.8 Å². The number of carbonyl (C=O) groups is 3. The number of primary amides is 1. The average molecular weight is 636 g/mol. The van der Waals surface area contributed by atoms with Gasteiger partial charge in [0.25, 0.3) is 0 Å². The third kappa shape index (κ3) is 14.8. The summed E-state index contributed by atoms with van der Waals surface area (Å²) < 4.78 is 0. The lowest BCUT2D eigenvalue weighted by Crippen LogP contribution is -2.36. The zero-order chi connectivity index (χ0) is 34.3. The van der Waals surface area contributed by atoms with Gasteiger partial charge < -0.3 is 31.3 Å². The standard InChI is InChI=1S/C20H18N2O2.C10H22N2.C5H11NO2.CH2O/c21-20(24)9-5-4-6-14-10-11-17-16(12-14)19(23)13-18(22-17)15-7-2-1-3-8-15;1-3-4-7-11-9-12-8-5-6-10(12)2;1-3-4(6-2)5(7)8;1-2/h1-4,6-8,10-13H,5,9H2,(H2,21,24)(H,22,23);10-11H,3-9H2,1-2H3;4,6H,3H2,1-2H3,(H,7,8);1H2/b6-4+;;;. The minimum absolute atomic E-state index is 0.0185. The van der Waals surface area contributed by atoms with Gasteiger partial charge in [-0.1, -0.05) is 68.8 Å². The first-order valence-electron chi connectivity index (χ1n) is 16.0. The first-order valence-corrected chi connectivity index (χ1v) is 16.0. The van der Waals surface area contributed by atoms with E-state index < -0.39 is 5.97 Å². The Kier molecular flexibility index (Phi) is 20.2. The third-order valence-corrected chi connectivity index (χ3v) is 7.57. The number of carboxylic acids is 1. The molecule has 2 atom stereocenters. The van der Waals surface area contributed by atoms with Gasteiger partial charge in [0.05, 0.1) is 0 Å². The molecule has 2 aromatic carbocycles. The number of nitrogens with zero attached hydrogens (tertiary/aromatic N) is 1. The van der Waals surface area contributed by atoms with Crippen molar-refractivity contribution >= 4 is 35.6 Å². The highest BCUT2D eigenvalue weighted by atomic mass is 16.4. The number of amides is 1. The molecular weight excluding hydrogens is 582 g/mol. The van der Waals surface area contributed by atoms with Crippen molar-refractivity contribution in [2.24, 2.45) is 5.73 Å². The molecule has 10 heteroatoms. The molecule has 0 bridgehead atoms. The summed E-state index contributed by atoms with van der Waals surface area (Å²) in [6.07, 6.45) is 10.7. The fourth-order valence-corrected chi connectivity index (χ4v) is 4.84. The molecule has 1 aromatic heterocycles. The van der Waals surface area contributed by atoms with Crippen LogP contribution in [0.25, 0.3) is 28.2 Å². The van der Waals surface area contributed by atoms with Gasteiger partial charge in [-0.3, -0.25) is 19.3 Å². The summed E-state index contributed by atoms with van der Waals surface area (Å²) in [4.78, 5) is 47.1. The van der Waals surface area contributed by atoms with E-state index in [1.165, 1.54) is 38.8 Å². The second-order valence-corrected chi connectivity index (χ2v) is 11.0. The molecule has 0 saturated carbocycles. The van der Waals surface area contributed by atoms with Crippen LogP contribution in [0.4, 0.5) is 0 Å². The molecule has 2 heterocycles. The smallest absolute Gasteiger partial charge is 0.320 e. The Morgan fingerprint density at radius 2 is 1.87 bits per heavy atom. The van der Waals surface area contributed by atoms with Gasteiger partial charge in [-0.25, -0.2) is 0 Å². The zero-order valence-corrected chi connectivity index (χ0v) is 27.9. The quantitative estimate of drug-likeness (QED) is 0.161. The Morgan fingerprint density at radius 1 is 1.15 bits per heavy atom. The Labute approximate surface area is 273 Å². The molecule has 0 spiro atoms. The molecule has 1 fully saturated rings. The molecule has 4 rings (SSSR count). The first-order chi connectivity index (χ1) is 22.2. The molecule has 46 heavy (non-hydrogen) atoms. The predicted molar refractivity (Wildman–Crippen MR) is 189 cm³/mol. The molecule has 1 aliphatic rings. The average Bonchev–Trinajstić information content (AvgIpc) is 3.48. The summed E-state index contributed by atoms with van der Waals surface area (Å²) >= 11 is 0. The molecule has 2 unspecified atom stereocenters. The molecule has 3 aromatic rings.